The second-order valence-electron chi connectivity index (χ2n) is 6.35. The topological polar surface area (TPSA) is 44.6 Å². The molecule has 0 saturated heterocycles. The number of fused-ring (bicyclic) bond motifs is 3. The van der Waals surface area contributed by atoms with Crippen LogP contribution in [0.4, 0.5) is 10.7 Å². The van der Waals surface area contributed by atoms with E-state index in [2.05, 4.69) is 23.8 Å². The largest absolute Gasteiger partial charge is 0.340 e. The number of amides is 1. The van der Waals surface area contributed by atoms with Gasteiger partial charge in [-0.05, 0) is 38.7 Å². The van der Waals surface area contributed by atoms with E-state index in [0.29, 0.717) is 6.54 Å². The van der Waals surface area contributed by atoms with Crippen LogP contribution in [0.1, 0.15) is 13.3 Å². The molecule has 1 atom stereocenters. The molecule has 6 heteroatoms. The van der Waals surface area contributed by atoms with E-state index in [4.69, 9.17) is 4.98 Å². The first kappa shape index (κ1) is 15.8. The molecule has 1 unspecified atom stereocenters. The molecule has 1 amide bonds. The lowest BCUT2D eigenvalue weighted by molar-refractivity contribution is 0.210. The highest BCUT2D eigenvalue weighted by Gasteiger charge is 2.31. The molecule has 124 valence electrons. The number of para-hydroxylation sites is 2. The van der Waals surface area contributed by atoms with Gasteiger partial charge in [0.05, 0.1) is 17.1 Å². The fourth-order valence-corrected chi connectivity index (χ4v) is 3.10. The number of carbonyl (C=O) groups excluding carboxylic acids is 1. The second kappa shape index (κ2) is 6.20. The lowest BCUT2D eigenvalue weighted by atomic mass is 10.1. The normalized spacial score (nSPS) is 18.7. The van der Waals surface area contributed by atoms with Gasteiger partial charge in [-0.1, -0.05) is 19.1 Å². The monoisotopic (exact) mass is 315 g/mol. The fourth-order valence-electron chi connectivity index (χ4n) is 3.10. The van der Waals surface area contributed by atoms with E-state index < -0.39 is 0 Å². The number of hydrogen-bond acceptors (Lipinski definition) is 4. The quantitative estimate of drug-likeness (QED) is 0.867. The van der Waals surface area contributed by atoms with Crippen molar-refractivity contribution in [3.8, 4) is 0 Å². The number of rotatable bonds is 4. The summed E-state index contributed by atoms with van der Waals surface area (Å²) in [6, 6.07) is 8.07. The van der Waals surface area contributed by atoms with E-state index in [1.807, 2.05) is 38.4 Å². The molecule has 3 rings (SSSR count). The summed E-state index contributed by atoms with van der Waals surface area (Å²) in [5.41, 5.74) is 1.74. The third kappa shape index (κ3) is 2.79. The first-order chi connectivity index (χ1) is 11.0. The van der Waals surface area contributed by atoms with Gasteiger partial charge in [0, 0.05) is 20.6 Å². The smallest absolute Gasteiger partial charge is 0.331 e. The van der Waals surface area contributed by atoms with E-state index in [9.17, 15) is 4.79 Å². The summed E-state index contributed by atoms with van der Waals surface area (Å²) in [6.45, 7) is 4.91. The number of likely N-dealkylation sites (N-methyl/N-ethyl adjacent to an activating group) is 2. The van der Waals surface area contributed by atoms with Crippen molar-refractivity contribution >= 4 is 23.0 Å². The number of aromatic nitrogens is 2. The van der Waals surface area contributed by atoms with Gasteiger partial charge in [-0.25, -0.2) is 14.3 Å². The van der Waals surface area contributed by atoms with Crippen LogP contribution in [0.2, 0.25) is 0 Å². The minimum absolute atomic E-state index is 0.00750. The van der Waals surface area contributed by atoms with E-state index in [-0.39, 0.29) is 12.1 Å². The Balaban J connectivity index is 1.99. The molecule has 0 bridgehead atoms. The Bertz CT molecular complexity index is 710. The summed E-state index contributed by atoms with van der Waals surface area (Å²) < 4.78 is 1.73. The van der Waals surface area contributed by atoms with Crippen LogP contribution >= 0.6 is 0 Å². The molecule has 0 aliphatic carbocycles. The van der Waals surface area contributed by atoms with Crippen LogP contribution in [0.3, 0.4) is 0 Å². The zero-order valence-corrected chi connectivity index (χ0v) is 14.4. The number of hydrogen-bond donors (Lipinski definition) is 0. The van der Waals surface area contributed by atoms with Crippen LogP contribution in [0.15, 0.2) is 24.3 Å². The van der Waals surface area contributed by atoms with Crippen molar-refractivity contribution in [2.75, 3.05) is 45.7 Å². The highest BCUT2D eigenvalue weighted by Crippen LogP contribution is 2.27. The lowest BCUT2D eigenvalue weighted by Crippen LogP contribution is -2.41. The summed E-state index contributed by atoms with van der Waals surface area (Å²) in [4.78, 5) is 23.8. The Labute approximate surface area is 137 Å². The zero-order chi connectivity index (χ0) is 16.6. The highest BCUT2D eigenvalue weighted by atomic mass is 16.2. The van der Waals surface area contributed by atoms with Crippen molar-refractivity contribution in [1.82, 2.24) is 19.4 Å². The van der Waals surface area contributed by atoms with Gasteiger partial charge in [0.1, 0.15) is 0 Å². The van der Waals surface area contributed by atoms with Crippen LogP contribution in [0.25, 0.3) is 11.0 Å². The molecule has 23 heavy (non-hydrogen) atoms. The van der Waals surface area contributed by atoms with Crippen LogP contribution in [-0.4, -0.2) is 72.2 Å². The van der Waals surface area contributed by atoms with Crippen molar-refractivity contribution in [1.29, 1.82) is 0 Å². The number of anilines is 1. The maximum Gasteiger partial charge on any atom is 0.331 e. The van der Waals surface area contributed by atoms with Crippen molar-refractivity contribution in [2.24, 2.45) is 0 Å². The number of benzene rings is 1. The second-order valence-corrected chi connectivity index (χ2v) is 6.35. The molecule has 1 aliphatic rings. The molecule has 6 nitrogen and oxygen atoms in total. The molecule has 2 heterocycles. The minimum atomic E-state index is -0.00750. The molecule has 0 radical (unpaired) electrons. The highest BCUT2D eigenvalue weighted by molar-refractivity contribution is 5.93. The SMILES string of the molecule is CCN(C)CCC1CN(C)C(=O)n2c(nc3ccccc32)N1C. The Hall–Kier alpha value is -2.08. The van der Waals surface area contributed by atoms with Crippen LogP contribution in [0, 0.1) is 0 Å². The minimum Gasteiger partial charge on any atom is -0.340 e. The third-order valence-electron chi connectivity index (χ3n) is 4.79. The van der Waals surface area contributed by atoms with Crippen molar-refractivity contribution < 1.29 is 4.79 Å². The van der Waals surface area contributed by atoms with E-state index in [1.54, 1.807) is 9.47 Å². The average Bonchev–Trinajstić information content (AvgIpc) is 2.92. The van der Waals surface area contributed by atoms with Gasteiger partial charge in [-0.2, -0.15) is 0 Å². The summed E-state index contributed by atoms with van der Waals surface area (Å²) >= 11 is 0. The van der Waals surface area contributed by atoms with E-state index >= 15 is 0 Å². The molecule has 1 aromatic carbocycles. The Morgan fingerprint density at radius 3 is 2.78 bits per heavy atom. The summed E-state index contributed by atoms with van der Waals surface area (Å²) in [7, 11) is 6.04. The maximum absolute atomic E-state index is 12.8. The van der Waals surface area contributed by atoms with Crippen LogP contribution < -0.4 is 4.90 Å². The van der Waals surface area contributed by atoms with Crippen LogP contribution in [0.5, 0.6) is 0 Å². The van der Waals surface area contributed by atoms with Gasteiger partial charge in [0.15, 0.2) is 0 Å². The van der Waals surface area contributed by atoms with Crippen LogP contribution in [-0.2, 0) is 0 Å². The molecule has 1 aromatic heterocycles. The van der Waals surface area contributed by atoms with Gasteiger partial charge in [0.2, 0.25) is 5.95 Å². The molecule has 0 fully saturated rings. The van der Waals surface area contributed by atoms with Gasteiger partial charge in [-0.3, -0.25) is 0 Å². The lowest BCUT2D eigenvalue weighted by Gasteiger charge is -2.29. The summed E-state index contributed by atoms with van der Waals surface area (Å²) in [6.07, 6.45) is 1.00. The molecule has 0 spiro atoms. The van der Waals surface area contributed by atoms with Gasteiger partial charge < -0.3 is 14.7 Å². The molecular formula is C17H25N5O. The first-order valence-corrected chi connectivity index (χ1v) is 8.17. The van der Waals surface area contributed by atoms with Crippen molar-refractivity contribution in [2.45, 2.75) is 19.4 Å². The summed E-state index contributed by atoms with van der Waals surface area (Å²) in [5, 5.41) is 0. The maximum atomic E-state index is 12.8. The molecule has 1 aliphatic heterocycles. The van der Waals surface area contributed by atoms with E-state index in [0.717, 1.165) is 36.5 Å². The van der Waals surface area contributed by atoms with Gasteiger partial charge in [0.25, 0.3) is 0 Å². The van der Waals surface area contributed by atoms with Gasteiger partial charge in [-0.15, -0.1) is 0 Å². The number of nitrogens with zero attached hydrogens (tertiary/aromatic N) is 5. The average molecular weight is 315 g/mol. The standard InChI is InChI=1S/C17H25N5O/c1-5-19(2)11-10-13-12-20(3)17(23)22-15-9-7-6-8-14(15)18-16(22)21(13)4/h6-9,13H,5,10-12H2,1-4H3. The molecule has 2 aromatic rings. The fraction of sp³-hybridized carbons (Fsp3) is 0.529. The first-order valence-electron chi connectivity index (χ1n) is 8.17. The number of imidazole rings is 1. The predicted octanol–water partition coefficient (Wildman–Crippen LogP) is 2.10. The third-order valence-corrected chi connectivity index (χ3v) is 4.79. The van der Waals surface area contributed by atoms with Crippen molar-refractivity contribution in [3.05, 3.63) is 24.3 Å². The number of carbonyl (C=O) groups is 1. The zero-order valence-electron chi connectivity index (χ0n) is 14.4. The van der Waals surface area contributed by atoms with Gasteiger partial charge >= 0.3 is 6.03 Å². The van der Waals surface area contributed by atoms with Crippen molar-refractivity contribution in [3.63, 3.8) is 0 Å². The molecule has 0 saturated carbocycles. The van der Waals surface area contributed by atoms with E-state index in [1.165, 1.54) is 0 Å². The summed E-state index contributed by atoms with van der Waals surface area (Å²) in [5.74, 6) is 0.740. The molecular weight excluding hydrogens is 290 g/mol. The Kier molecular flexibility index (Phi) is 4.26. The Morgan fingerprint density at radius 1 is 1.30 bits per heavy atom. The molecule has 0 N–H and O–H groups in total. The predicted molar refractivity (Wildman–Crippen MR) is 93.1 cm³/mol. The Morgan fingerprint density at radius 2 is 2.04 bits per heavy atom.